The maximum absolute atomic E-state index is 12.3. The number of hydrogen-bond donors (Lipinski definition) is 2. The molecule has 1 aliphatic heterocycles. The van der Waals surface area contributed by atoms with Gasteiger partial charge in [0.25, 0.3) is 0 Å². The summed E-state index contributed by atoms with van der Waals surface area (Å²) in [5, 5.41) is 5.77. The first-order chi connectivity index (χ1) is 13.5. The Bertz CT molecular complexity index is 817. The lowest BCUT2D eigenvalue weighted by molar-refractivity contribution is -0.127. The van der Waals surface area contributed by atoms with Gasteiger partial charge in [-0.3, -0.25) is 19.5 Å². The second-order valence-corrected chi connectivity index (χ2v) is 7.32. The average Bonchev–Trinajstić information content (AvgIpc) is 3.21. The molecule has 2 heterocycles. The van der Waals surface area contributed by atoms with E-state index in [1.54, 1.807) is 6.20 Å². The van der Waals surface area contributed by atoms with Crippen molar-refractivity contribution in [2.75, 3.05) is 25.0 Å². The highest BCUT2D eigenvalue weighted by molar-refractivity contribution is 6.03. The molecule has 1 aliphatic rings. The molecule has 6 nitrogen and oxygen atoms in total. The summed E-state index contributed by atoms with van der Waals surface area (Å²) < 4.78 is 0. The fourth-order valence-corrected chi connectivity index (χ4v) is 3.58. The Morgan fingerprint density at radius 1 is 1.11 bits per heavy atom. The number of hydrogen-bond acceptors (Lipinski definition) is 4. The van der Waals surface area contributed by atoms with Crippen LogP contribution in [-0.4, -0.2) is 41.3 Å². The second-order valence-electron chi connectivity index (χ2n) is 7.32. The molecule has 0 bridgehead atoms. The van der Waals surface area contributed by atoms with Gasteiger partial charge in [-0.2, -0.15) is 0 Å². The van der Waals surface area contributed by atoms with Crippen molar-refractivity contribution >= 4 is 17.5 Å². The maximum Gasteiger partial charge on any atom is 0.233 e. The Morgan fingerprint density at radius 3 is 2.61 bits per heavy atom. The average molecular weight is 380 g/mol. The van der Waals surface area contributed by atoms with Crippen molar-refractivity contribution in [3.8, 4) is 0 Å². The molecule has 1 aromatic heterocycles. The number of nitrogens with zero attached hydrogens (tertiary/aromatic N) is 2. The Hall–Kier alpha value is -2.73. The Labute approximate surface area is 166 Å². The van der Waals surface area contributed by atoms with Gasteiger partial charge in [-0.05, 0) is 68.6 Å². The summed E-state index contributed by atoms with van der Waals surface area (Å²) in [6.45, 7) is 6.46. The highest BCUT2D eigenvalue weighted by Crippen LogP contribution is 2.24. The molecule has 2 amide bonds. The summed E-state index contributed by atoms with van der Waals surface area (Å²) in [4.78, 5) is 31.2. The van der Waals surface area contributed by atoms with Crippen LogP contribution in [0.15, 0.2) is 42.7 Å². The van der Waals surface area contributed by atoms with Gasteiger partial charge in [0.05, 0.1) is 6.04 Å². The molecule has 1 atom stereocenters. The lowest BCUT2D eigenvalue weighted by Crippen LogP contribution is -2.38. The van der Waals surface area contributed by atoms with Crippen molar-refractivity contribution < 1.29 is 9.59 Å². The fourth-order valence-electron chi connectivity index (χ4n) is 3.58. The van der Waals surface area contributed by atoms with Crippen LogP contribution < -0.4 is 10.6 Å². The number of amides is 2. The first-order valence-corrected chi connectivity index (χ1v) is 9.81. The third-order valence-electron chi connectivity index (χ3n) is 5.34. The van der Waals surface area contributed by atoms with E-state index in [-0.39, 0.29) is 24.3 Å². The van der Waals surface area contributed by atoms with E-state index in [1.807, 2.05) is 50.4 Å². The van der Waals surface area contributed by atoms with Crippen LogP contribution in [0.25, 0.3) is 0 Å². The lowest BCUT2D eigenvalue weighted by Gasteiger charge is -2.27. The zero-order valence-corrected chi connectivity index (χ0v) is 16.6. The number of rotatable bonds is 7. The maximum atomic E-state index is 12.3. The van der Waals surface area contributed by atoms with E-state index in [1.165, 1.54) is 12.8 Å². The standard InChI is InChI=1S/C22H28N4O2/c1-16-7-5-9-19(17(16)2)25-22(28)13-21(27)24-15-20(26-11-3-4-12-26)18-8-6-10-23-14-18/h5-10,14,20H,3-4,11-13,15H2,1-2H3,(H,24,27)(H,25,28). The topological polar surface area (TPSA) is 74.3 Å². The van der Waals surface area contributed by atoms with E-state index in [0.29, 0.717) is 6.54 Å². The van der Waals surface area contributed by atoms with E-state index in [4.69, 9.17) is 0 Å². The molecule has 0 spiro atoms. The molecule has 6 heteroatoms. The van der Waals surface area contributed by atoms with Crippen LogP contribution in [0, 0.1) is 13.8 Å². The van der Waals surface area contributed by atoms with Gasteiger partial charge in [0.15, 0.2) is 0 Å². The number of carbonyl (C=O) groups excluding carboxylic acids is 2. The molecule has 0 saturated carbocycles. The van der Waals surface area contributed by atoms with Crippen LogP contribution in [0.4, 0.5) is 5.69 Å². The lowest BCUT2D eigenvalue weighted by atomic mass is 10.1. The van der Waals surface area contributed by atoms with Gasteiger partial charge in [-0.1, -0.05) is 18.2 Å². The Balaban J connectivity index is 1.55. The number of benzene rings is 1. The molecule has 1 aromatic carbocycles. The van der Waals surface area contributed by atoms with Crippen molar-refractivity contribution in [2.45, 2.75) is 39.2 Å². The van der Waals surface area contributed by atoms with Crippen LogP contribution in [-0.2, 0) is 9.59 Å². The molecule has 28 heavy (non-hydrogen) atoms. The minimum absolute atomic E-state index is 0.0854. The molecule has 148 valence electrons. The van der Waals surface area contributed by atoms with E-state index >= 15 is 0 Å². The van der Waals surface area contributed by atoms with Gasteiger partial charge in [0.2, 0.25) is 11.8 Å². The minimum atomic E-state index is -0.301. The van der Waals surface area contributed by atoms with Crippen molar-refractivity contribution in [1.29, 1.82) is 0 Å². The first kappa shape index (κ1) is 20.0. The fraction of sp³-hybridized carbons (Fsp3) is 0.409. The second kappa shape index (κ2) is 9.46. The first-order valence-electron chi connectivity index (χ1n) is 9.81. The van der Waals surface area contributed by atoms with E-state index in [9.17, 15) is 9.59 Å². The van der Waals surface area contributed by atoms with Crippen molar-refractivity contribution in [3.63, 3.8) is 0 Å². The van der Waals surface area contributed by atoms with Gasteiger partial charge in [-0.25, -0.2) is 0 Å². The van der Waals surface area contributed by atoms with Gasteiger partial charge in [0.1, 0.15) is 6.42 Å². The number of nitrogens with one attached hydrogen (secondary N) is 2. The van der Waals surface area contributed by atoms with Gasteiger partial charge < -0.3 is 10.6 Å². The molecule has 3 rings (SSSR count). The predicted octanol–water partition coefficient (Wildman–Crippen LogP) is 2.98. The van der Waals surface area contributed by atoms with Gasteiger partial charge >= 0.3 is 0 Å². The SMILES string of the molecule is Cc1cccc(NC(=O)CC(=O)NCC(c2cccnc2)N2CCCC2)c1C. The number of pyridine rings is 1. The summed E-state index contributed by atoms with van der Waals surface area (Å²) in [6, 6.07) is 9.78. The summed E-state index contributed by atoms with van der Waals surface area (Å²) >= 11 is 0. The molecular formula is C22H28N4O2. The summed E-state index contributed by atoms with van der Waals surface area (Å²) in [5.41, 5.74) is 3.96. The molecular weight excluding hydrogens is 352 g/mol. The van der Waals surface area contributed by atoms with E-state index in [0.717, 1.165) is 35.5 Å². The predicted molar refractivity (Wildman–Crippen MR) is 110 cm³/mol. The highest BCUT2D eigenvalue weighted by Gasteiger charge is 2.24. The monoisotopic (exact) mass is 380 g/mol. The van der Waals surface area contributed by atoms with Crippen molar-refractivity contribution in [3.05, 3.63) is 59.4 Å². The van der Waals surface area contributed by atoms with E-state index in [2.05, 4.69) is 20.5 Å². The van der Waals surface area contributed by atoms with Crippen LogP contribution in [0.2, 0.25) is 0 Å². The highest BCUT2D eigenvalue weighted by atomic mass is 16.2. The van der Waals surface area contributed by atoms with Crippen LogP contribution in [0.5, 0.6) is 0 Å². The number of aromatic nitrogens is 1. The zero-order valence-electron chi connectivity index (χ0n) is 16.6. The number of aryl methyl sites for hydroxylation is 1. The molecule has 1 unspecified atom stereocenters. The summed E-state index contributed by atoms with van der Waals surface area (Å²) in [7, 11) is 0. The summed E-state index contributed by atoms with van der Waals surface area (Å²) in [5.74, 6) is -0.568. The number of anilines is 1. The molecule has 0 aliphatic carbocycles. The number of likely N-dealkylation sites (tertiary alicyclic amines) is 1. The third-order valence-corrected chi connectivity index (χ3v) is 5.34. The van der Waals surface area contributed by atoms with Crippen LogP contribution in [0.1, 0.15) is 42.0 Å². The molecule has 1 fully saturated rings. The third kappa shape index (κ3) is 5.16. The van der Waals surface area contributed by atoms with E-state index < -0.39 is 0 Å². The number of carbonyl (C=O) groups is 2. The van der Waals surface area contributed by atoms with Crippen molar-refractivity contribution in [2.24, 2.45) is 0 Å². The van der Waals surface area contributed by atoms with Crippen LogP contribution in [0.3, 0.4) is 0 Å². The smallest absolute Gasteiger partial charge is 0.233 e. The molecule has 1 saturated heterocycles. The molecule has 2 N–H and O–H groups in total. The Morgan fingerprint density at radius 2 is 1.89 bits per heavy atom. The van der Waals surface area contributed by atoms with Gasteiger partial charge in [0, 0.05) is 24.6 Å². The zero-order chi connectivity index (χ0) is 19.9. The van der Waals surface area contributed by atoms with Crippen LogP contribution >= 0.6 is 0 Å². The quantitative estimate of drug-likeness (QED) is 0.724. The normalized spacial score (nSPS) is 15.2. The largest absolute Gasteiger partial charge is 0.354 e. The van der Waals surface area contributed by atoms with Gasteiger partial charge in [-0.15, -0.1) is 0 Å². The minimum Gasteiger partial charge on any atom is -0.354 e. The molecule has 0 radical (unpaired) electrons. The molecule has 2 aromatic rings. The summed E-state index contributed by atoms with van der Waals surface area (Å²) in [6.07, 6.45) is 5.75. The Kier molecular flexibility index (Phi) is 6.76. The van der Waals surface area contributed by atoms with Crippen molar-refractivity contribution in [1.82, 2.24) is 15.2 Å².